The summed E-state index contributed by atoms with van der Waals surface area (Å²) in [4.78, 5) is 11.6. The van der Waals surface area contributed by atoms with E-state index in [2.05, 4.69) is 5.32 Å². The van der Waals surface area contributed by atoms with Crippen molar-refractivity contribution in [3.05, 3.63) is 24.3 Å². The highest BCUT2D eigenvalue weighted by Gasteiger charge is 2.14. The van der Waals surface area contributed by atoms with Crippen LogP contribution in [0.25, 0.3) is 0 Å². The Morgan fingerprint density at radius 1 is 1.30 bits per heavy atom. The maximum absolute atomic E-state index is 12.0. The first-order chi connectivity index (χ1) is 9.49. The monoisotopic (exact) mass is 335 g/mol. The van der Waals surface area contributed by atoms with Gasteiger partial charge in [0, 0.05) is 23.7 Å². The Morgan fingerprint density at radius 2 is 1.95 bits per heavy atom. The van der Waals surface area contributed by atoms with Gasteiger partial charge >= 0.3 is 0 Å². The van der Waals surface area contributed by atoms with Crippen LogP contribution in [-0.4, -0.2) is 26.0 Å². The van der Waals surface area contributed by atoms with Gasteiger partial charge in [0.2, 0.25) is 14.8 Å². The summed E-state index contributed by atoms with van der Waals surface area (Å²) < 4.78 is 24.0. The minimum Gasteiger partial charge on any atom is -0.326 e. The molecule has 1 aromatic rings. The van der Waals surface area contributed by atoms with Gasteiger partial charge in [-0.2, -0.15) is 0 Å². The Labute approximate surface area is 128 Å². The van der Waals surface area contributed by atoms with Crippen LogP contribution in [0.4, 0.5) is 5.69 Å². The number of hydrogen-bond acceptors (Lipinski definition) is 4. The van der Waals surface area contributed by atoms with Crippen LogP contribution in [0.15, 0.2) is 29.2 Å². The van der Waals surface area contributed by atoms with Crippen LogP contribution in [0.2, 0.25) is 0 Å². The van der Waals surface area contributed by atoms with Crippen molar-refractivity contribution in [2.75, 3.05) is 16.9 Å². The Hall–Kier alpha value is -0.720. The first-order valence-corrected chi connectivity index (χ1v) is 9.87. The van der Waals surface area contributed by atoms with Crippen molar-refractivity contribution in [3.63, 3.8) is 0 Å². The predicted molar refractivity (Wildman–Crippen MR) is 85.0 cm³/mol. The van der Waals surface area contributed by atoms with Crippen LogP contribution in [0.3, 0.4) is 0 Å². The molecule has 0 aliphatic heterocycles. The number of anilines is 1. The Morgan fingerprint density at radius 3 is 2.50 bits per heavy atom. The topological polar surface area (TPSA) is 63.2 Å². The Kier molecular flexibility index (Phi) is 7.40. The second-order valence-corrected chi connectivity index (χ2v) is 8.57. The molecule has 0 radical (unpaired) electrons. The molecule has 7 heteroatoms. The second kappa shape index (κ2) is 8.54. The van der Waals surface area contributed by atoms with Gasteiger partial charge in [-0.1, -0.05) is 13.3 Å². The van der Waals surface area contributed by atoms with E-state index in [1.165, 1.54) is 12.1 Å². The Balaban J connectivity index is 2.68. The summed E-state index contributed by atoms with van der Waals surface area (Å²) in [6.07, 6.45) is 2.07. The van der Waals surface area contributed by atoms with Gasteiger partial charge in [0.05, 0.1) is 4.90 Å². The minimum atomic E-state index is -3.31. The molecule has 1 aromatic carbocycles. The number of halogens is 1. The van der Waals surface area contributed by atoms with E-state index in [1.54, 1.807) is 12.1 Å². The molecule has 0 aliphatic rings. The van der Waals surface area contributed by atoms with Gasteiger partial charge < -0.3 is 5.32 Å². The molecule has 1 amide bonds. The van der Waals surface area contributed by atoms with Crippen LogP contribution >= 0.6 is 22.4 Å². The normalized spacial score (nSPS) is 11.3. The molecule has 1 N–H and O–H groups in total. The van der Waals surface area contributed by atoms with E-state index in [1.807, 2.05) is 6.92 Å². The number of amides is 1. The molecule has 0 aliphatic carbocycles. The third-order valence-electron chi connectivity index (χ3n) is 2.48. The predicted octanol–water partition coefficient (Wildman–Crippen LogP) is 3.48. The molecule has 20 heavy (non-hydrogen) atoms. The molecule has 0 heterocycles. The molecule has 0 aromatic heterocycles. The van der Waals surface area contributed by atoms with E-state index in [0.717, 1.165) is 23.6 Å². The fourth-order valence-corrected chi connectivity index (χ4v) is 4.55. The van der Waals surface area contributed by atoms with Crippen LogP contribution in [0, 0.1) is 0 Å². The summed E-state index contributed by atoms with van der Waals surface area (Å²) in [6.45, 7) is 2.02. The van der Waals surface area contributed by atoms with E-state index in [4.69, 9.17) is 11.6 Å². The second-order valence-electron chi connectivity index (χ2n) is 4.14. The van der Waals surface area contributed by atoms with Crippen molar-refractivity contribution >= 4 is 42.9 Å². The molecule has 1 rings (SSSR count). The van der Waals surface area contributed by atoms with Crippen molar-refractivity contribution in [2.45, 2.75) is 31.1 Å². The molecular weight excluding hydrogens is 318 g/mol. The van der Waals surface area contributed by atoms with E-state index < -0.39 is 8.87 Å². The summed E-state index contributed by atoms with van der Waals surface area (Å²) >= 11 is 5.47. The maximum atomic E-state index is 12.0. The van der Waals surface area contributed by atoms with Gasteiger partial charge in [-0.25, -0.2) is 8.42 Å². The summed E-state index contributed by atoms with van der Waals surface area (Å²) in [6, 6.07) is 6.17. The molecule has 4 nitrogen and oxygen atoms in total. The van der Waals surface area contributed by atoms with Crippen molar-refractivity contribution in [1.29, 1.82) is 0 Å². The lowest BCUT2D eigenvalue weighted by Crippen LogP contribution is -2.11. The van der Waals surface area contributed by atoms with Crippen molar-refractivity contribution < 1.29 is 13.2 Å². The summed E-state index contributed by atoms with van der Waals surface area (Å²) in [5, 5.41) is 2.65. The van der Waals surface area contributed by atoms with Gasteiger partial charge in [-0.3, -0.25) is 4.79 Å². The fraction of sp³-hybridized carbons (Fsp3) is 0.462. The number of alkyl halides is 1. The van der Waals surface area contributed by atoms with Crippen molar-refractivity contribution in [2.24, 2.45) is 0 Å². The molecular formula is C13H18ClNO3S2. The quantitative estimate of drug-likeness (QED) is 0.449. The summed E-state index contributed by atoms with van der Waals surface area (Å²) in [7, 11) is -2.35. The summed E-state index contributed by atoms with van der Waals surface area (Å²) in [5.41, 5.74) is 0.567. The van der Waals surface area contributed by atoms with Crippen LogP contribution in [0.5, 0.6) is 0 Å². The van der Waals surface area contributed by atoms with Crippen LogP contribution < -0.4 is 5.32 Å². The molecule has 112 valence electrons. The van der Waals surface area contributed by atoms with Gasteiger partial charge in [0.15, 0.2) is 0 Å². The van der Waals surface area contributed by atoms with E-state index in [-0.39, 0.29) is 23.1 Å². The lowest BCUT2D eigenvalue weighted by atomic mass is 10.3. The number of hydrogen-bond donors (Lipinski definition) is 1. The number of carbonyl (C=O) groups is 1. The smallest absolute Gasteiger partial charge is 0.229 e. The third kappa shape index (κ3) is 5.73. The first-order valence-electron chi connectivity index (χ1n) is 6.35. The lowest BCUT2D eigenvalue weighted by Gasteiger charge is -2.06. The molecule has 0 saturated carbocycles. The minimum absolute atomic E-state index is 0.187. The maximum Gasteiger partial charge on any atom is 0.229 e. The number of unbranched alkanes of at least 4 members (excludes halogenated alkanes) is 1. The van der Waals surface area contributed by atoms with Crippen molar-refractivity contribution in [3.8, 4) is 0 Å². The van der Waals surface area contributed by atoms with Crippen LogP contribution in [0.1, 0.15) is 26.2 Å². The van der Waals surface area contributed by atoms with E-state index >= 15 is 0 Å². The molecule has 0 atom stereocenters. The highest BCUT2D eigenvalue weighted by atomic mass is 35.5. The highest BCUT2D eigenvalue weighted by molar-refractivity contribution is 8.72. The number of rotatable bonds is 8. The fourth-order valence-electron chi connectivity index (χ4n) is 1.40. The molecule has 0 fully saturated rings. The molecule has 0 bridgehead atoms. The van der Waals surface area contributed by atoms with E-state index in [0.29, 0.717) is 11.4 Å². The largest absolute Gasteiger partial charge is 0.326 e. The zero-order chi connectivity index (χ0) is 15.0. The highest BCUT2D eigenvalue weighted by Crippen LogP contribution is 2.25. The number of benzene rings is 1. The van der Waals surface area contributed by atoms with Crippen molar-refractivity contribution in [1.82, 2.24) is 0 Å². The average Bonchev–Trinajstić information content (AvgIpc) is 2.39. The number of nitrogens with one attached hydrogen (secondary N) is 1. The first kappa shape index (κ1) is 17.3. The lowest BCUT2D eigenvalue weighted by molar-refractivity contribution is -0.115. The molecule has 0 spiro atoms. The van der Waals surface area contributed by atoms with Gasteiger partial charge in [-0.05, 0) is 41.5 Å². The standard InChI is InChI=1S/C13H18ClNO3S2/c1-2-3-10-19-20(17,18)12-6-4-11(5-7-12)15-13(16)8-9-14/h4-7H,2-3,8-10H2,1H3,(H,15,16). The molecule has 0 saturated heterocycles. The number of carbonyl (C=O) groups excluding carboxylic acids is 1. The SMILES string of the molecule is CCCCSS(=O)(=O)c1ccc(NC(=O)CCCl)cc1. The zero-order valence-corrected chi connectivity index (χ0v) is 13.7. The summed E-state index contributed by atoms with van der Waals surface area (Å²) in [5.74, 6) is 0.660. The van der Waals surface area contributed by atoms with Gasteiger partial charge in [0.1, 0.15) is 0 Å². The Bertz CT molecular complexity index is 529. The van der Waals surface area contributed by atoms with Gasteiger partial charge in [-0.15, -0.1) is 11.6 Å². The average molecular weight is 336 g/mol. The zero-order valence-electron chi connectivity index (χ0n) is 11.3. The van der Waals surface area contributed by atoms with Crippen LogP contribution in [-0.2, 0) is 13.7 Å². The molecule has 0 unspecified atom stereocenters. The third-order valence-corrected chi connectivity index (χ3v) is 6.30. The van der Waals surface area contributed by atoms with Gasteiger partial charge in [0.25, 0.3) is 0 Å². The van der Waals surface area contributed by atoms with E-state index in [9.17, 15) is 13.2 Å².